The number of hydrogen-bond donors (Lipinski definition) is 1. The second-order valence-electron chi connectivity index (χ2n) is 8.25. The van der Waals surface area contributed by atoms with E-state index in [1.807, 2.05) is 30.0 Å². The van der Waals surface area contributed by atoms with Crippen LogP contribution in [0.1, 0.15) is 39.4 Å². The van der Waals surface area contributed by atoms with E-state index in [1.165, 1.54) is 17.7 Å². The van der Waals surface area contributed by atoms with E-state index in [2.05, 4.69) is 34.3 Å². The summed E-state index contributed by atoms with van der Waals surface area (Å²) in [4.78, 5) is 14.0. The van der Waals surface area contributed by atoms with Gasteiger partial charge in [-0.2, -0.15) is 0 Å². The maximum absolute atomic E-state index is 12.4. The molecule has 1 aliphatic rings. The Hall–Kier alpha value is -3.16. The van der Waals surface area contributed by atoms with Crippen LogP contribution in [0.3, 0.4) is 0 Å². The monoisotopic (exact) mass is 454 g/mol. The highest BCUT2D eigenvalue weighted by Gasteiger charge is 2.32. The van der Waals surface area contributed by atoms with Gasteiger partial charge in [0.25, 0.3) is 0 Å². The number of nitrogens with one attached hydrogen (secondary N) is 1. The molecule has 4 rings (SSSR count). The molecule has 7 heteroatoms. The number of alkyl halides is 3. The van der Waals surface area contributed by atoms with E-state index in [4.69, 9.17) is 0 Å². The lowest BCUT2D eigenvalue weighted by molar-refractivity contribution is -0.274. The molecule has 1 unspecified atom stereocenters. The van der Waals surface area contributed by atoms with Gasteiger partial charge in [0.1, 0.15) is 12.0 Å². The number of ether oxygens (including phenoxy) is 1. The minimum atomic E-state index is -4.72. The topological polar surface area (TPSA) is 41.6 Å². The van der Waals surface area contributed by atoms with Gasteiger partial charge >= 0.3 is 6.36 Å². The number of fused-ring (bicyclic) bond motifs is 1. The van der Waals surface area contributed by atoms with Gasteiger partial charge in [0.05, 0.1) is 6.04 Å². The molecular weight excluding hydrogens is 429 g/mol. The van der Waals surface area contributed by atoms with E-state index in [0.717, 1.165) is 47.2 Å². The predicted molar refractivity (Wildman–Crippen MR) is 119 cm³/mol. The second-order valence-corrected chi connectivity index (χ2v) is 8.25. The highest BCUT2D eigenvalue weighted by atomic mass is 19.4. The van der Waals surface area contributed by atoms with Crippen LogP contribution in [-0.2, 0) is 31.0 Å². The molecule has 4 nitrogen and oxygen atoms in total. The Morgan fingerprint density at radius 2 is 1.70 bits per heavy atom. The molecular formula is C26H25F3N2O2. The molecule has 172 valence electrons. The van der Waals surface area contributed by atoms with Crippen molar-refractivity contribution in [3.8, 4) is 5.75 Å². The van der Waals surface area contributed by atoms with Crippen molar-refractivity contribution in [2.75, 3.05) is 0 Å². The van der Waals surface area contributed by atoms with Gasteiger partial charge in [-0.05, 0) is 52.4 Å². The zero-order valence-electron chi connectivity index (χ0n) is 18.2. The number of carbonyl (C=O) groups excluding carboxylic acids is 1. The molecule has 0 aliphatic carbocycles. The molecule has 3 aromatic rings. The lowest BCUT2D eigenvalue weighted by Crippen LogP contribution is -2.23. The summed E-state index contributed by atoms with van der Waals surface area (Å²) in [6.07, 6.45) is -3.78. The van der Waals surface area contributed by atoms with Gasteiger partial charge in [0, 0.05) is 26.2 Å². The van der Waals surface area contributed by atoms with Gasteiger partial charge in [0.15, 0.2) is 0 Å². The largest absolute Gasteiger partial charge is 0.573 e. The third kappa shape index (κ3) is 5.80. The number of nitrogens with zero attached hydrogens (tertiary/aromatic N) is 1. The van der Waals surface area contributed by atoms with Crippen LogP contribution >= 0.6 is 0 Å². The number of halogens is 3. The van der Waals surface area contributed by atoms with E-state index >= 15 is 0 Å². The molecule has 1 atom stereocenters. The molecule has 0 saturated carbocycles. The smallest absolute Gasteiger partial charge is 0.406 e. The van der Waals surface area contributed by atoms with Crippen molar-refractivity contribution in [1.82, 2.24) is 10.2 Å². The summed E-state index contributed by atoms with van der Waals surface area (Å²) in [7, 11) is 0. The van der Waals surface area contributed by atoms with Crippen LogP contribution in [0, 0.1) is 6.92 Å². The Balaban J connectivity index is 1.43. The Bertz CT molecular complexity index is 1100. The summed E-state index contributed by atoms with van der Waals surface area (Å²) in [6, 6.07) is 19.8. The summed E-state index contributed by atoms with van der Waals surface area (Å²) < 4.78 is 41.1. The van der Waals surface area contributed by atoms with Crippen LogP contribution in [0.25, 0.3) is 0 Å². The first-order valence-electron chi connectivity index (χ1n) is 10.7. The normalized spacial score (nSPS) is 15.9. The summed E-state index contributed by atoms with van der Waals surface area (Å²) >= 11 is 0. The van der Waals surface area contributed by atoms with E-state index in [-0.39, 0.29) is 11.8 Å². The van der Waals surface area contributed by atoms with Gasteiger partial charge < -0.3 is 14.8 Å². The van der Waals surface area contributed by atoms with Gasteiger partial charge in [-0.1, -0.05) is 54.6 Å². The van der Waals surface area contributed by atoms with Gasteiger partial charge in [-0.3, -0.25) is 4.90 Å². The van der Waals surface area contributed by atoms with Crippen molar-refractivity contribution in [2.24, 2.45) is 0 Å². The molecule has 33 heavy (non-hydrogen) atoms. The lowest BCUT2D eigenvalue weighted by atomic mass is 9.96. The van der Waals surface area contributed by atoms with Crippen LogP contribution in [0.5, 0.6) is 5.75 Å². The lowest BCUT2D eigenvalue weighted by Gasteiger charge is -2.21. The van der Waals surface area contributed by atoms with Crippen molar-refractivity contribution in [3.63, 3.8) is 0 Å². The minimum Gasteiger partial charge on any atom is -0.406 e. The van der Waals surface area contributed by atoms with E-state index < -0.39 is 6.36 Å². The molecule has 0 fully saturated rings. The number of hydrogen-bond acceptors (Lipinski definition) is 4. The Kier molecular flexibility index (Phi) is 6.81. The molecule has 0 spiro atoms. The van der Waals surface area contributed by atoms with E-state index in [9.17, 15) is 18.0 Å². The number of carbonyl (C=O) groups is 1. The van der Waals surface area contributed by atoms with Crippen LogP contribution in [0.2, 0.25) is 0 Å². The van der Waals surface area contributed by atoms with Crippen molar-refractivity contribution in [3.05, 3.63) is 100 Å². The summed E-state index contributed by atoms with van der Waals surface area (Å²) in [5, 5.41) is 3.46. The molecule has 1 heterocycles. The molecule has 0 amide bonds. The first-order valence-corrected chi connectivity index (χ1v) is 10.7. The maximum Gasteiger partial charge on any atom is 0.573 e. The number of benzene rings is 3. The molecule has 0 radical (unpaired) electrons. The quantitative estimate of drug-likeness (QED) is 0.461. The van der Waals surface area contributed by atoms with Gasteiger partial charge in [-0.15, -0.1) is 13.2 Å². The van der Waals surface area contributed by atoms with Crippen molar-refractivity contribution in [2.45, 2.75) is 45.5 Å². The minimum absolute atomic E-state index is 0.258. The summed E-state index contributed by atoms with van der Waals surface area (Å²) in [5.74, 6) is -0.258. The van der Waals surface area contributed by atoms with Crippen LogP contribution in [0.15, 0.2) is 66.7 Å². The van der Waals surface area contributed by atoms with Crippen molar-refractivity contribution in [1.29, 1.82) is 0 Å². The van der Waals surface area contributed by atoms with Crippen LogP contribution in [-0.4, -0.2) is 17.5 Å². The number of aryl methyl sites for hydroxylation is 1. The fourth-order valence-corrected chi connectivity index (χ4v) is 4.39. The Labute approximate surface area is 191 Å². The van der Waals surface area contributed by atoms with Crippen molar-refractivity contribution >= 4 is 6.29 Å². The van der Waals surface area contributed by atoms with Gasteiger partial charge in [-0.25, -0.2) is 0 Å². The van der Waals surface area contributed by atoms with E-state index in [0.29, 0.717) is 13.1 Å². The van der Waals surface area contributed by atoms with Gasteiger partial charge in [0.2, 0.25) is 0 Å². The SMILES string of the molecule is Cc1cc(CNCc2ccccc2)cc2c1C(C=O)N(Cc1ccc(OC(F)(F)F)cc1)C2. The molecule has 3 aromatic carbocycles. The standard InChI is InChI=1S/C26H25F3N2O2/c1-18-11-21(14-30-13-19-5-3-2-4-6-19)12-22-16-31(24(17-32)25(18)22)15-20-7-9-23(10-8-20)33-26(27,28)29/h2-12,17,24,30H,13-16H2,1H3. The molecule has 0 aromatic heterocycles. The highest BCUT2D eigenvalue weighted by molar-refractivity contribution is 5.66. The number of rotatable bonds is 8. The molecule has 1 aliphatic heterocycles. The fraction of sp³-hybridized carbons (Fsp3) is 0.269. The average Bonchev–Trinajstić information content (AvgIpc) is 3.12. The maximum atomic E-state index is 12.4. The zero-order chi connectivity index (χ0) is 23.4. The van der Waals surface area contributed by atoms with E-state index in [1.54, 1.807) is 12.1 Å². The molecule has 1 N–H and O–H groups in total. The predicted octanol–water partition coefficient (Wildman–Crippen LogP) is 5.44. The first-order chi connectivity index (χ1) is 15.8. The van der Waals surface area contributed by atoms with Crippen molar-refractivity contribution < 1.29 is 22.7 Å². The summed E-state index contributed by atoms with van der Waals surface area (Å²) in [6.45, 7) is 4.56. The third-order valence-electron chi connectivity index (χ3n) is 5.77. The average molecular weight is 454 g/mol. The third-order valence-corrected chi connectivity index (χ3v) is 5.77. The summed E-state index contributed by atoms with van der Waals surface area (Å²) in [5.41, 5.74) is 6.38. The van der Waals surface area contributed by atoms with Crippen LogP contribution < -0.4 is 10.1 Å². The fourth-order valence-electron chi connectivity index (χ4n) is 4.39. The highest BCUT2D eigenvalue weighted by Crippen LogP contribution is 2.37. The van der Waals surface area contributed by atoms with Crippen LogP contribution in [0.4, 0.5) is 13.2 Å². The Morgan fingerprint density at radius 1 is 1.00 bits per heavy atom. The molecule has 0 saturated heterocycles. The second kappa shape index (κ2) is 9.77. The first kappa shape index (κ1) is 23.0. The molecule has 0 bridgehead atoms. The zero-order valence-corrected chi connectivity index (χ0v) is 18.2. The number of aldehydes is 1. The Morgan fingerprint density at radius 3 is 2.36 bits per heavy atom.